The van der Waals surface area contributed by atoms with E-state index in [2.05, 4.69) is 10.0 Å². The number of hydrogen-bond donors (Lipinski definition) is 2. The zero-order chi connectivity index (χ0) is 17.7. The van der Waals surface area contributed by atoms with Gasteiger partial charge in [0, 0.05) is 0 Å². The lowest BCUT2D eigenvalue weighted by atomic mass is 10.2. The first kappa shape index (κ1) is 17.6. The summed E-state index contributed by atoms with van der Waals surface area (Å²) in [6.45, 7) is 0.944. The van der Waals surface area contributed by atoms with E-state index in [0.717, 1.165) is 18.2 Å². The zero-order valence-electron chi connectivity index (χ0n) is 12.7. The lowest BCUT2D eigenvalue weighted by Crippen LogP contribution is -2.33. The van der Waals surface area contributed by atoms with Crippen molar-refractivity contribution in [3.05, 3.63) is 59.4 Å². The standard InChI is InChI=1S/C16H14FN3O3S/c1-11-8-13(17)6-7-15(11)24(22,23)19-10-16(21)20-14-5-3-2-4-12(14)9-18/h2-8,19H,10H2,1H3,(H,20,21). The number of halogens is 1. The highest BCUT2D eigenvalue weighted by Crippen LogP contribution is 2.16. The van der Waals surface area contributed by atoms with Crippen LogP contribution in [0.2, 0.25) is 0 Å². The zero-order valence-corrected chi connectivity index (χ0v) is 13.5. The van der Waals surface area contributed by atoms with Crippen molar-refractivity contribution >= 4 is 21.6 Å². The summed E-state index contributed by atoms with van der Waals surface area (Å²) in [4.78, 5) is 11.8. The molecule has 0 heterocycles. The molecule has 0 aliphatic rings. The Hall–Kier alpha value is -2.76. The number of benzene rings is 2. The summed E-state index contributed by atoms with van der Waals surface area (Å²) in [6.07, 6.45) is 0. The van der Waals surface area contributed by atoms with E-state index in [-0.39, 0.29) is 16.0 Å². The van der Waals surface area contributed by atoms with Gasteiger partial charge in [0.15, 0.2) is 0 Å². The third-order valence-corrected chi connectivity index (χ3v) is 4.73. The molecule has 8 heteroatoms. The lowest BCUT2D eigenvalue weighted by Gasteiger charge is -2.10. The SMILES string of the molecule is Cc1cc(F)ccc1S(=O)(=O)NCC(=O)Nc1ccccc1C#N. The molecule has 0 saturated carbocycles. The van der Waals surface area contributed by atoms with Crippen LogP contribution in [-0.4, -0.2) is 20.9 Å². The van der Waals surface area contributed by atoms with Crippen molar-refractivity contribution in [2.24, 2.45) is 0 Å². The maximum Gasteiger partial charge on any atom is 0.241 e. The Morgan fingerprint density at radius 3 is 2.62 bits per heavy atom. The van der Waals surface area contributed by atoms with Gasteiger partial charge in [-0.1, -0.05) is 12.1 Å². The van der Waals surface area contributed by atoms with E-state index in [0.29, 0.717) is 5.69 Å². The van der Waals surface area contributed by atoms with Gasteiger partial charge in [0.25, 0.3) is 0 Å². The molecule has 24 heavy (non-hydrogen) atoms. The molecule has 0 bridgehead atoms. The molecule has 0 aliphatic carbocycles. The Morgan fingerprint density at radius 2 is 1.96 bits per heavy atom. The number of rotatable bonds is 5. The Morgan fingerprint density at radius 1 is 1.25 bits per heavy atom. The third kappa shape index (κ3) is 4.16. The monoisotopic (exact) mass is 347 g/mol. The lowest BCUT2D eigenvalue weighted by molar-refractivity contribution is -0.115. The fourth-order valence-corrected chi connectivity index (χ4v) is 3.24. The van der Waals surface area contributed by atoms with Crippen LogP contribution in [0, 0.1) is 24.1 Å². The molecular weight excluding hydrogens is 333 g/mol. The molecule has 0 aromatic heterocycles. The van der Waals surface area contributed by atoms with Gasteiger partial charge in [-0.05, 0) is 42.8 Å². The minimum Gasteiger partial charge on any atom is -0.324 e. The van der Waals surface area contributed by atoms with Gasteiger partial charge in [-0.25, -0.2) is 17.5 Å². The number of sulfonamides is 1. The number of nitrogens with one attached hydrogen (secondary N) is 2. The van der Waals surface area contributed by atoms with Gasteiger partial charge in [0.05, 0.1) is 22.7 Å². The summed E-state index contributed by atoms with van der Waals surface area (Å²) in [5, 5.41) is 11.4. The van der Waals surface area contributed by atoms with E-state index in [1.54, 1.807) is 12.1 Å². The smallest absolute Gasteiger partial charge is 0.241 e. The highest BCUT2D eigenvalue weighted by Gasteiger charge is 2.18. The second-order valence-electron chi connectivity index (χ2n) is 4.94. The predicted octanol–water partition coefficient (Wildman–Crippen LogP) is 1.92. The van der Waals surface area contributed by atoms with Gasteiger partial charge in [-0.15, -0.1) is 0 Å². The Balaban J connectivity index is 2.07. The molecule has 0 atom stereocenters. The van der Waals surface area contributed by atoms with Crippen LogP contribution < -0.4 is 10.0 Å². The van der Waals surface area contributed by atoms with Crippen LogP contribution >= 0.6 is 0 Å². The Labute approximate surface area is 139 Å². The number of carbonyl (C=O) groups is 1. The van der Waals surface area contributed by atoms with Gasteiger partial charge in [0.2, 0.25) is 15.9 Å². The van der Waals surface area contributed by atoms with E-state index < -0.39 is 28.3 Å². The molecule has 2 aromatic rings. The molecule has 6 nitrogen and oxygen atoms in total. The molecule has 0 radical (unpaired) electrons. The maximum absolute atomic E-state index is 13.1. The van der Waals surface area contributed by atoms with Gasteiger partial charge in [0.1, 0.15) is 11.9 Å². The van der Waals surface area contributed by atoms with Crippen molar-refractivity contribution in [2.75, 3.05) is 11.9 Å². The van der Waals surface area contributed by atoms with Crippen LogP contribution in [0.15, 0.2) is 47.4 Å². The molecule has 2 rings (SSSR count). The topological polar surface area (TPSA) is 99.1 Å². The number of para-hydroxylation sites is 1. The number of anilines is 1. The number of nitrogens with zero attached hydrogens (tertiary/aromatic N) is 1. The molecule has 1 amide bonds. The first-order valence-corrected chi connectivity index (χ1v) is 8.36. The maximum atomic E-state index is 13.1. The fourth-order valence-electron chi connectivity index (χ4n) is 2.04. The van der Waals surface area contributed by atoms with Crippen molar-refractivity contribution in [3.63, 3.8) is 0 Å². The minimum absolute atomic E-state index is 0.103. The molecule has 0 aliphatic heterocycles. The highest BCUT2D eigenvalue weighted by atomic mass is 32.2. The normalized spacial score (nSPS) is 10.9. The molecule has 0 spiro atoms. The summed E-state index contributed by atoms with van der Waals surface area (Å²) in [6, 6.07) is 11.5. The van der Waals surface area contributed by atoms with Gasteiger partial charge >= 0.3 is 0 Å². The van der Waals surface area contributed by atoms with Gasteiger partial charge in [-0.3, -0.25) is 4.79 Å². The average molecular weight is 347 g/mol. The van der Waals surface area contributed by atoms with Crippen LogP contribution in [-0.2, 0) is 14.8 Å². The van der Waals surface area contributed by atoms with Crippen molar-refractivity contribution in [3.8, 4) is 6.07 Å². The van der Waals surface area contributed by atoms with E-state index in [9.17, 15) is 17.6 Å². The minimum atomic E-state index is -3.95. The van der Waals surface area contributed by atoms with E-state index in [1.807, 2.05) is 6.07 Å². The first-order chi connectivity index (χ1) is 11.3. The summed E-state index contributed by atoms with van der Waals surface area (Å²) in [5.41, 5.74) is 0.794. The fraction of sp³-hybridized carbons (Fsp3) is 0.125. The molecule has 2 N–H and O–H groups in total. The number of carbonyl (C=O) groups excluding carboxylic acids is 1. The van der Waals surface area contributed by atoms with E-state index in [4.69, 9.17) is 5.26 Å². The quantitative estimate of drug-likeness (QED) is 0.863. The summed E-state index contributed by atoms with van der Waals surface area (Å²) in [7, 11) is -3.95. The van der Waals surface area contributed by atoms with Gasteiger partial charge < -0.3 is 5.32 Å². The van der Waals surface area contributed by atoms with Crippen LogP contribution in [0.5, 0.6) is 0 Å². The average Bonchev–Trinajstić information content (AvgIpc) is 2.53. The molecule has 2 aromatic carbocycles. The Bertz CT molecular complexity index is 920. The van der Waals surface area contributed by atoms with Crippen LogP contribution in [0.3, 0.4) is 0 Å². The molecule has 0 fully saturated rings. The number of aryl methyl sites for hydroxylation is 1. The second kappa shape index (κ2) is 7.21. The second-order valence-corrected chi connectivity index (χ2v) is 6.68. The number of nitriles is 1. The largest absolute Gasteiger partial charge is 0.324 e. The first-order valence-electron chi connectivity index (χ1n) is 6.88. The van der Waals surface area contributed by atoms with Crippen molar-refractivity contribution in [1.29, 1.82) is 5.26 Å². The molecule has 0 saturated heterocycles. The van der Waals surface area contributed by atoms with E-state index in [1.165, 1.54) is 19.1 Å². The van der Waals surface area contributed by atoms with Crippen LogP contribution in [0.1, 0.15) is 11.1 Å². The van der Waals surface area contributed by atoms with Crippen LogP contribution in [0.4, 0.5) is 10.1 Å². The molecule has 0 unspecified atom stereocenters. The summed E-state index contributed by atoms with van der Waals surface area (Å²) in [5.74, 6) is -1.17. The van der Waals surface area contributed by atoms with Crippen LogP contribution in [0.25, 0.3) is 0 Å². The summed E-state index contributed by atoms with van der Waals surface area (Å²) >= 11 is 0. The molecule has 124 valence electrons. The summed E-state index contributed by atoms with van der Waals surface area (Å²) < 4.78 is 39.6. The van der Waals surface area contributed by atoms with Gasteiger partial charge in [-0.2, -0.15) is 5.26 Å². The number of amides is 1. The van der Waals surface area contributed by atoms with E-state index >= 15 is 0 Å². The van der Waals surface area contributed by atoms with Crippen molar-refractivity contribution in [1.82, 2.24) is 4.72 Å². The predicted molar refractivity (Wildman–Crippen MR) is 86.1 cm³/mol. The molecular formula is C16H14FN3O3S. The highest BCUT2D eigenvalue weighted by molar-refractivity contribution is 7.89. The Kier molecular flexibility index (Phi) is 5.28. The van der Waals surface area contributed by atoms with Crippen molar-refractivity contribution in [2.45, 2.75) is 11.8 Å². The third-order valence-electron chi connectivity index (χ3n) is 3.17. The number of hydrogen-bond acceptors (Lipinski definition) is 4. The van der Waals surface area contributed by atoms with Crippen molar-refractivity contribution < 1.29 is 17.6 Å².